The van der Waals surface area contributed by atoms with Crippen molar-refractivity contribution < 1.29 is 14.4 Å². The predicted octanol–water partition coefficient (Wildman–Crippen LogP) is 1.09. The van der Waals surface area contributed by atoms with E-state index in [1.165, 1.54) is 12.8 Å². The number of carbonyl (C=O) groups excluding carboxylic acids is 3. The Morgan fingerprint density at radius 1 is 1.16 bits per heavy atom. The van der Waals surface area contributed by atoms with E-state index in [2.05, 4.69) is 10.6 Å². The molecule has 7 heteroatoms. The van der Waals surface area contributed by atoms with Gasteiger partial charge in [-0.05, 0) is 51.0 Å². The highest BCUT2D eigenvalue weighted by Gasteiger charge is 2.49. The third-order valence-electron chi connectivity index (χ3n) is 5.99. The second-order valence-electron chi connectivity index (χ2n) is 7.62. The lowest BCUT2D eigenvalue weighted by Crippen LogP contribution is -2.50. The minimum Gasteiger partial charge on any atom is -0.341 e. The van der Waals surface area contributed by atoms with Gasteiger partial charge in [-0.3, -0.25) is 14.5 Å². The first-order valence-corrected chi connectivity index (χ1v) is 9.64. The Morgan fingerprint density at radius 3 is 2.32 bits per heavy atom. The first kappa shape index (κ1) is 18.2. The molecule has 2 saturated heterocycles. The molecule has 0 atom stereocenters. The summed E-state index contributed by atoms with van der Waals surface area (Å²) < 4.78 is 0. The standard InChI is InChI=1S/C18H30N4O3/c1-3-18(4-2)16(24)22(17(25)20-18)12-15(23)21-9-7-14(8-10-21)19-11-13-5-6-13/h13-14,19H,3-12H2,1-2H3,(H,20,25). The molecule has 0 bridgehead atoms. The molecule has 3 aliphatic rings. The van der Waals surface area contributed by atoms with Crippen molar-refractivity contribution in [1.82, 2.24) is 20.4 Å². The van der Waals surface area contributed by atoms with Crippen LogP contribution in [-0.4, -0.2) is 65.4 Å². The molecule has 4 amide bonds. The second-order valence-corrected chi connectivity index (χ2v) is 7.62. The highest BCUT2D eigenvalue weighted by molar-refractivity contribution is 6.08. The molecule has 0 unspecified atom stereocenters. The number of carbonyl (C=O) groups is 3. The molecule has 0 aromatic rings. The topological polar surface area (TPSA) is 81.8 Å². The van der Waals surface area contributed by atoms with Gasteiger partial charge in [0.1, 0.15) is 12.1 Å². The van der Waals surface area contributed by atoms with Crippen molar-refractivity contribution in [2.75, 3.05) is 26.2 Å². The third kappa shape index (κ3) is 3.81. The zero-order chi connectivity index (χ0) is 18.0. The van der Waals surface area contributed by atoms with E-state index < -0.39 is 11.6 Å². The van der Waals surface area contributed by atoms with Crippen LogP contribution < -0.4 is 10.6 Å². The van der Waals surface area contributed by atoms with Gasteiger partial charge in [0.15, 0.2) is 0 Å². The number of nitrogens with one attached hydrogen (secondary N) is 2. The van der Waals surface area contributed by atoms with Gasteiger partial charge in [-0.1, -0.05) is 13.8 Å². The molecule has 2 heterocycles. The fourth-order valence-corrected chi connectivity index (χ4v) is 3.77. The van der Waals surface area contributed by atoms with Crippen molar-refractivity contribution >= 4 is 17.8 Å². The quantitative estimate of drug-likeness (QED) is 0.674. The van der Waals surface area contributed by atoms with Crippen LogP contribution in [0.1, 0.15) is 52.4 Å². The van der Waals surface area contributed by atoms with Crippen LogP contribution in [0.3, 0.4) is 0 Å². The van der Waals surface area contributed by atoms with Crippen molar-refractivity contribution in [3.05, 3.63) is 0 Å². The van der Waals surface area contributed by atoms with Gasteiger partial charge in [0.25, 0.3) is 5.91 Å². The van der Waals surface area contributed by atoms with Gasteiger partial charge in [0.05, 0.1) is 0 Å². The lowest BCUT2D eigenvalue weighted by molar-refractivity contribution is -0.139. The molecule has 0 aromatic heterocycles. The van der Waals surface area contributed by atoms with Crippen molar-refractivity contribution in [3.63, 3.8) is 0 Å². The zero-order valence-electron chi connectivity index (χ0n) is 15.3. The van der Waals surface area contributed by atoms with Crippen LogP contribution in [0, 0.1) is 5.92 Å². The van der Waals surface area contributed by atoms with Gasteiger partial charge in [0.2, 0.25) is 5.91 Å². The van der Waals surface area contributed by atoms with Crippen molar-refractivity contribution in [2.24, 2.45) is 5.92 Å². The summed E-state index contributed by atoms with van der Waals surface area (Å²) in [4.78, 5) is 40.2. The molecular formula is C18H30N4O3. The van der Waals surface area contributed by atoms with Gasteiger partial charge in [-0.15, -0.1) is 0 Å². The van der Waals surface area contributed by atoms with Crippen LogP contribution in [0.25, 0.3) is 0 Å². The highest BCUT2D eigenvalue weighted by atomic mass is 16.2. The van der Waals surface area contributed by atoms with Gasteiger partial charge < -0.3 is 15.5 Å². The predicted molar refractivity (Wildman–Crippen MR) is 93.9 cm³/mol. The molecule has 0 aromatic carbocycles. The minimum absolute atomic E-state index is 0.132. The molecule has 25 heavy (non-hydrogen) atoms. The van der Waals surface area contributed by atoms with E-state index >= 15 is 0 Å². The summed E-state index contributed by atoms with van der Waals surface area (Å²) in [5, 5.41) is 6.36. The lowest BCUT2D eigenvalue weighted by atomic mass is 9.93. The Hall–Kier alpha value is -1.63. The second kappa shape index (κ2) is 7.32. The molecule has 2 aliphatic heterocycles. The SMILES string of the molecule is CCC1(CC)NC(=O)N(CC(=O)N2CCC(NCC3CC3)CC2)C1=O. The first-order valence-electron chi connectivity index (χ1n) is 9.64. The number of hydrogen-bond donors (Lipinski definition) is 2. The average Bonchev–Trinajstić information content (AvgIpc) is 3.43. The average molecular weight is 350 g/mol. The van der Waals surface area contributed by atoms with Crippen LogP contribution in [-0.2, 0) is 9.59 Å². The van der Waals surface area contributed by atoms with E-state index in [9.17, 15) is 14.4 Å². The Balaban J connectivity index is 1.49. The summed E-state index contributed by atoms with van der Waals surface area (Å²) in [5.74, 6) is 0.459. The Labute approximate surface area is 149 Å². The molecule has 7 nitrogen and oxygen atoms in total. The van der Waals surface area contributed by atoms with Crippen LogP contribution in [0.2, 0.25) is 0 Å². The van der Waals surface area contributed by atoms with Gasteiger partial charge in [0, 0.05) is 19.1 Å². The van der Waals surface area contributed by atoms with Gasteiger partial charge in [-0.2, -0.15) is 0 Å². The first-order chi connectivity index (χ1) is 12.0. The molecule has 3 fully saturated rings. The van der Waals surface area contributed by atoms with Crippen LogP contribution in [0.4, 0.5) is 4.79 Å². The number of imide groups is 1. The maximum atomic E-state index is 12.6. The zero-order valence-corrected chi connectivity index (χ0v) is 15.3. The summed E-state index contributed by atoms with van der Waals surface area (Å²) in [7, 11) is 0. The van der Waals surface area contributed by atoms with Crippen LogP contribution in [0.15, 0.2) is 0 Å². The molecule has 1 aliphatic carbocycles. The summed E-state index contributed by atoms with van der Waals surface area (Å²) in [6.07, 6.45) is 5.63. The maximum Gasteiger partial charge on any atom is 0.325 e. The number of likely N-dealkylation sites (tertiary alicyclic amines) is 1. The van der Waals surface area contributed by atoms with E-state index in [0.29, 0.717) is 32.0 Å². The number of amides is 4. The van der Waals surface area contributed by atoms with E-state index in [4.69, 9.17) is 0 Å². The van der Waals surface area contributed by atoms with Gasteiger partial charge >= 0.3 is 6.03 Å². The smallest absolute Gasteiger partial charge is 0.325 e. The molecule has 1 saturated carbocycles. The summed E-state index contributed by atoms with van der Waals surface area (Å²) in [6, 6.07) is 0.0391. The summed E-state index contributed by atoms with van der Waals surface area (Å²) in [6.45, 7) is 6.09. The summed E-state index contributed by atoms with van der Waals surface area (Å²) >= 11 is 0. The number of nitrogens with zero attached hydrogens (tertiary/aromatic N) is 2. The van der Waals surface area contributed by atoms with Crippen molar-refractivity contribution in [2.45, 2.75) is 64.0 Å². The molecule has 0 radical (unpaired) electrons. The molecular weight excluding hydrogens is 320 g/mol. The van der Waals surface area contributed by atoms with Crippen LogP contribution >= 0.6 is 0 Å². The Kier molecular flexibility index (Phi) is 5.32. The lowest BCUT2D eigenvalue weighted by Gasteiger charge is -2.33. The number of hydrogen-bond acceptors (Lipinski definition) is 4. The monoisotopic (exact) mass is 350 g/mol. The van der Waals surface area contributed by atoms with E-state index in [0.717, 1.165) is 30.2 Å². The van der Waals surface area contributed by atoms with E-state index in [1.54, 1.807) is 4.90 Å². The molecule has 0 spiro atoms. The van der Waals surface area contributed by atoms with E-state index in [1.807, 2.05) is 13.8 Å². The summed E-state index contributed by atoms with van der Waals surface area (Å²) in [5.41, 5.74) is -0.836. The van der Waals surface area contributed by atoms with E-state index in [-0.39, 0.29) is 18.4 Å². The molecule has 140 valence electrons. The maximum absolute atomic E-state index is 12.6. The molecule has 2 N–H and O–H groups in total. The van der Waals surface area contributed by atoms with Crippen molar-refractivity contribution in [3.8, 4) is 0 Å². The Morgan fingerprint density at radius 2 is 1.80 bits per heavy atom. The van der Waals surface area contributed by atoms with Crippen LogP contribution in [0.5, 0.6) is 0 Å². The fourth-order valence-electron chi connectivity index (χ4n) is 3.77. The normalized spacial score (nSPS) is 23.9. The largest absolute Gasteiger partial charge is 0.341 e. The van der Waals surface area contributed by atoms with Crippen molar-refractivity contribution in [1.29, 1.82) is 0 Å². The number of rotatable bonds is 7. The van der Waals surface area contributed by atoms with Gasteiger partial charge in [-0.25, -0.2) is 4.79 Å². The number of urea groups is 1. The molecule has 3 rings (SSSR count). The Bertz CT molecular complexity index is 534. The highest BCUT2D eigenvalue weighted by Crippen LogP contribution is 2.28. The third-order valence-corrected chi connectivity index (χ3v) is 5.99. The number of piperidine rings is 1. The fraction of sp³-hybridized carbons (Fsp3) is 0.833. The minimum atomic E-state index is -0.836.